The summed E-state index contributed by atoms with van der Waals surface area (Å²) in [6, 6.07) is 4.22. The molecule has 0 bridgehead atoms. The van der Waals surface area contributed by atoms with E-state index in [2.05, 4.69) is 4.99 Å². The van der Waals surface area contributed by atoms with Gasteiger partial charge in [0.15, 0.2) is 14.6 Å². The number of thiazole rings is 1. The zero-order valence-electron chi connectivity index (χ0n) is 17.5. The van der Waals surface area contributed by atoms with E-state index in [9.17, 15) is 22.4 Å². The first-order valence-corrected chi connectivity index (χ1v) is 12.7. The van der Waals surface area contributed by atoms with Crippen molar-refractivity contribution >= 4 is 43.2 Å². The van der Waals surface area contributed by atoms with E-state index in [0.717, 1.165) is 24.2 Å². The molecule has 0 N–H and O–H groups in total. The molecule has 1 aromatic carbocycles. The highest BCUT2D eigenvalue weighted by Crippen LogP contribution is 2.19. The Hall–Kier alpha value is -2.11. The zero-order chi connectivity index (χ0) is 22.6. The van der Waals surface area contributed by atoms with Crippen molar-refractivity contribution in [1.82, 2.24) is 9.47 Å². The zero-order valence-corrected chi connectivity index (χ0v) is 19.2. The Labute approximate surface area is 184 Å². The van der Waals surface area contributed by atoms with E-state index in [1.165, 1.54) is 19.2 Å². The van der Waals surface area contributed by atoms with Gasteiger partial charge in [0, 0.05) is 26.7 Å². The Bertz CT molecular complexity index is 1140. The van der Waals surface area contributed by atoms with Crippen LogP contribution in [0.2, 0.25) is 0 Å². The average molecular weight is 472 g/mol. The van der Waals surface area contributed by atoms with Gasteiger partial charge in [0.2, 0.25) is 5.91 Å². The molecule has 31 heavy (non-hydrogen) atoms. The molecule has 1 fully saturated rings. The summed E-state index contributed by atoms with van der Waals surface area (Å²) in [7, 11) is -2.43. The van der Waals surface area contributed by atoms with Crippen LogP contribution in [0.3, 0.4) is 0 Å². The summed E-state index contributed by atoms with van der Waals surface area (Å²) in [5.74, 6) is -2.99. The Morgan fingerprint density at radius 1 is 1.32 bits per heavy atom. The molecule has 1 aliphatic rings. The Balaban J connectivity index is 1.78. The number of ether oxygens (including phenoxy) is 1. The van der Waals surface area contributed by atoms with Crippen LogP contribution >= 0.6 is 11.3 Å². The summed E-state index contributed by atoms with van der Waals surface area (Å²) in [5, 5.41) is 0. The predicted octanol–water partition coefficient (Wildman–Crippen LogP) is 1.59. The molecule has 0 spiro atoms. The van der Waals surface area contributed by atoms with Crippen molar-refractivity contribution in [3.8, 4) is 0 Å². The van der Waals surface area contributed by atoms with E-state index in [4.69, 9.17) is 4.74 Å². The second-order valence-electron chi connectivity index (χ2n) is 7.77. The van der Waals surface area contributed by atoms with E-state index >= 15 is 0 Å². The van der Waals surface area contributed by atoms with Crippen molar-refractivity contribution in [2.24, 2.45) is 10.9 Å². The smallest absolute Gasteiger partial charge is 0.263 e. The number of hydrogen-bond acceptors (Lipinski definition) is 6. The topological polar surface area (TPSA) is 98.0 Å². The normalized spacial score (nSPS) is 18.0. The van der Waals surface area contributed by atoms with Crippen molar-refractivity contribution < 1.29 is 27.1 Å². The Morgan fingerprint density at radius 2 is 2.10 bits per heavy atom. The fourth-order valence-electron chi connectivity index (χ4n) is 3.60. The molecule has 1 aliphatic heterocycles. The number of amides is 2. The van der Waals surface area contributed by atoms with Crippen molar-refractivity contribution in [2.75, 3.05) is 38.3 Å². The minimum absolute atomic E-state index is 0.258. The van der Waals surface area contributed by atoms with Gasteiger partial charge in [-0.2, -0.15) is 4.99 Å². The quantitative estimate of drug-likeness (QED) is 0.611. The van der Waals surface area contributed by atoms with Gasteiger partial charge in [0.25, 0.3) is 5.91 Å². The Kier molecular flexibility index (Phi) is 7.60. The van der Waals surface area contributed by atoms with Gasteiger partial charge in [0.1, 0.15) is 17.3 Å². The van der Waals surface area contributed by atoms with Crippen molar-refractivity contribution in [2.45, 2.75) is 26.3 Å². The highest BCUT2D eigenvalue weighted by Gasteiger charge is 2.27. The summed E-state index contributed by atoms with van der Waals surface area (Å²) < 4.78 is 45.8. The third-order valence-electron chi connectivity index (χ3n) is 5.08. The first-order chi connectivity index (χ1) is 14.7. The molecular formula is C20H26FN3O5S2. The minimum Gasteiger partial charge on any atom is -0.383 e. The number of carbonyl (C=O) groups excluding carboxylic acids is 2. The summed E-state index contributed by atoms with van der Waals surface area (Å²) in [6.07, 6.45) is 1.85. The fourth-order valence-corrected chi connectivity index (χ4v) is 5.80. The number of carbonyl (C=O) groups is 2. The maximum Gasteiger partial charge on any atom is 0.263 e. The lowest BCUT2D eigenvalue weighted by Crippen LogP contribution is -2.42. The second kappa shape index (κ2) is 10.0. The number of nitrogens with zero attached hydrogens (tertiary/aromatic N) is 3. The highest BCUT2D eigenvalue weighted by atomic mass is 32.2. The molecule has 2 amide bonds. The number of likely N-dealkylation sites (tertiary alicyclic amines) is 1. The first kappa shape index (κ1) is 23.6. The number of halogens is 1. The summed E-state index contributed by atoms with van der Waals surface area (Å²) in [6.45, 7) is 3.80. The number of sulfone groups is 1. The second-order valence-corrected chi connectivity index (χ2v) is 10.8. The molecule has 8 nitrogen and oxygen atoms in total. The van der Waals surface area contributed by atoms with Crippen molar-refractivity contribution in [3.05, 3.63) is 28.8 Å². The SMILES string of the molecule is COCCn1c(=NC(=O)CS(=O)(=O)CC(=O)N2CCCC(C)C2)sc2cc(F)ccc21. The van der Waals surface area contributed by atoms with Crippen molar-refractivity contribution in [1.29, 1.82) is 0 Å². The molecule has 0 aliphatic carbocycles. The number of piperidine rings is 1. The summed E-state index contributed by atoms with van der Waals surface area (Å²) in [5.41, 5.74) is 0.673. The molecule has 1 aromatic heterocycles. The summed E-state index contributed by atoms with van der Waals surface area (Å²) in [4.78, 5) is 30.6. The number of benzene rings is 1. The molecule has 2 aromatic rings. The van der Waals surface area contributed by atoms with Crippen LogP contribution in [0.15, 0.2) is 23.2 Å². The van der Waals surface area contributed by atoms with Crippen LogP contribution in [-0.4, -0.2) is 68.0 Å². The maximum atomic E-state index is 13.6. The van der Waals surface area contributed by atoms with Gasteiger partial charge < -0.3 is 14.2 Å². The molecule has 0 radical (unpaired) electrons. The predicted molar refractivity (Wildman–Crippen MR) is 116 cm³/mol. The largest absolute Gasteiger partial charge is 0.383 e. The highest BCUT2D eigenvalue weighted by molar-refractivity contribution is 7.92. The molecule has 11 heteroatoms. The van der Waals surface area contributed by atoms with Gasteiger partial charge in [-0.3, -0.25) is 9.59 Å². The van der Waals surface area contributed by atoms with Gasteiger partial charge in [-0.25, -0.2) is 12.8 Å². The van der Waals surface area contributed by atoms with Crippen LogP contribution in [0, 0.1) is 11.7 Å². The lowest BCUT2D eigenvalue weighted by Gasteiger charge is -2.30. The molecule has 2 heterocycles. The van der Waals surface area contributed by atoms with Crippen LogP contribution in [0.5, 0.6) is 0 Å². The Morgan fingerprint density at radius 3 is 2.81 bits per heavy atom. The van der Waals surface area contributed by atoms with Gasteiger partial charge in [-0.15, -0.1) is 0 Å². The van der Waals surface area contributed by atoms with Gasteiger partial charge in [-0.1, -0.05) is 18.3 Å². The number of methoxy groups -OCH3 is 1. The van der Waals surface area contributed by atoms with Crippen molar-refractivity contribution in [3.63, 3.8) is 0 Å². The van der Waals surface area contributed by atoms with E-state index < -0.39 is 39.0 Å². The van der Waals surface area contributed by atoms with E-state index in [0.29, 0.717) is 42.4 Å². The van der Waals surface area contributed by atoms with E-state index in [-0.39, 0.29) is 4.80 Å². The fraction of sp³-hybridized carbons (Fsp3) is 0.550. The molecule has 1 atom stereocenters. The van der Waals surface area contributed by atoms with Crippen LogP contribution < -0.4 is 4.80 Å². The third kappa shape index (κ3) is 6.20. The first-order valence-electron chi connectivity index (χ1n) is 10.0. The molecule has 170 valence electrons. The molecule has 1 saturated heterocycles. The molecule has 0 saturated carbocycles. The monoisotopic (exact) mass is 471 g/mol. The number of aromatic nitrogens is 1. The third-order valence-corrected chi connectivity index (χ3v) is 7.50. The average Bonchev–Trinajstić information content (AvgIpc) is 3.01. The van der Waals surface area contributed by atoms with Crippen LogP contribution in [0.25, 0.3) is 10.2 Å². The lowest BCUT2D eigenvalue weighted by atomic mass is 10.0. The number of hydrogen-bond donors (Lipinski definition) is 0. The standard InChI is InChI=1S/C20H26FN3O5S2/c1-14-4-3-7-23(11-14)19(26)13-31(27,28)12-18(25)22-20-24(8-9-29-2)16-6-5-15(21)10-17(16)30-20/h5-6,10,14H,3-4,7-9,11-13H2,1-2H3. The van der Waals surface area contributed by atoms with E-state index in [1.54, 1.807) is 15.5 Å². The number of rotatable bonds is 7. The van der Waals surface area contributed by atoms with Gasteiger partial charge >= 0.3 is 0 Å². The summed E-state index contributed by atoms with van der Waals surface area (Å²) >= 11 is 1.09. The van der Waals surface area contributed by atoms with Crippen LogP contribution in [-0.2, 0) is 30.7 Å². The van der Waals surface area contributed by atoms with Gasteiger partial charge in [0.05, 0.1) is 16.8 Å². The molecular weight excluding hydrogens is 445 g/mol. The number of fused-ring (bicyclic) bond motifs is 1. The van der Waals surface area contributed by atoms with Crippen LogP contribution in [0.4, 0.5) is 4.39 Å². The maximum absolute atomic E-state index is 13.6. The minimum atomic E-state index is -3.96. The van der Waals surface area contributed by atoms with Crippen LogP contribution in [0.1, 0.15) is 19.8 Å². The molecule has 3 rings (SSSR count). The molecule has 1 unspecified atom stereocenters. The van der Waals surface area contributed by atoms with Gasteiger partial charge in [-0.05, 0) is 37.0 Å². The lowest BCUT2D eigenvalue weighted by molar-refractivity contribution is -0.130. The van der Waals surface area contributed by atoms with E-state index in [1.807, 2.05) is 6.92 Å².